The van der Waals surface area contributed by atoms with Crippen LogP contribution in [0.15, 0.2) is 23.9 Å². The highest BCUT2D eigenvalue weighted by Gasteiger charge is 2.31. The third kappa shape index (κ3) is 2.84. The van der Waals surface area contributed by atoms with Crippen LogP contribution in [-0.2, 0) is 16.2 Å². The SMILES string of the molecule is CC(C)(C)ON1CCN(c2nc3cccc4c3n2CCC4=O)C(=C=O)C1. The van der Waals surface area contributed by atoms with E-state index in [1.165, 1.54) is 0 Å². The summed E-state index contributed by atoms with van der Waals surface area (Å²) in [5.41, 5.74) is 2.52. The van der Waals surface area contributed by atoms with Crippen molar-refractivity contribution in [3.8, 4) is 0 Å². The Labute approximate surface area is 151 Å². The zero-order chi connectivity index (χ0) is 18.5. The molecule has 136 valence electrons. The van der Waals surface area contributed by atoms with Crippen molar-refractivity contribution in [2.75, 3.05) is 24.5 Å². The number of anilines is 1. The number of piperazine rings is 1. The smallest absolute Gasteiger partial charge is 0.211 e. The number of para-hydroxylation sites is 1. The van der Waals surface area contributed by atoms with Gasteiger partial charge in [-0.3, -0.25) is 9.63 Å². The summed E-state index contributed by atoms with van der Waals surface area (Å²) in [6.07, 6.45) is 0.447. The lowest BCUT2D eigenvalue weighted by atomic mass is 10.0. The molecule has 1 aromatic heterocycles. The van der Waals surface area contributed by atoms with Gasteiger partial charge in [-0.1, -0.05) is 6.07 Å². The summed E-state index contributed by atoms with van der Waals surface area (Å²) in [5, 5.41) is 1.80. The molecule has 26 heavy (non-hydrogen) atoms. The highest BCUT2D eigenvalue weighted by molar-refractivity contribution is 6.08. The van der Waals surface area contributed by atoms with Gasteiger partial charge >= 0.3 is 0 Å². The van der Waals surface area contributed by atoms with Crippen molar-refractivity contribution >= 4 is 28.7 Å². The van der Waals surface area contributed by atoms with Crippen LogP contribution in [0.5, 0.6) is 0 Å². The summed E-state index contributed by atoms with van der Waals surface area (Å²) in [6.45, 7) is 8.10. The lowest BCUT2D eigenvalue weighted by Crippen LogP contribution is -2.48. The number of aromatic nitrogens is 2. The molecule has 4 rings (SSSR count). The van der Waals surface area contributed by atoms with Crippen LogP contribution in [0.3, 0.4) is 0 Å². The molecular weight excluding hydrogens is 332 g/mol. The molecule has 2 aromatic rings. The first-order valence-electron chi connectivity index (χ1n) is 8.85. The van der Waals surface area contributed by atoms with E-state index >= 15 is 0 Å². The molecule has 0 spiro atoms. The number of aryl methyl sites for hydroxylation is 1. The first kappa shape index (κ1) is 17.0. The summed E-state index contributed by atoms with van der Waals surface area (Å²) in [6, 6.07) is 5.60. The average molecular weight is 354 g/mol. The fraction of sp³-hybridized carbons (Fsp3) is 0.474. The standard InChI is InChI=1S/C19H22N4O3/c1-19(2,3)26-21-9-10-22(13(11-21)12-24)18-20-15-6-4-5-14-16(25)7-8-23(18)17(14)15/h4-6H,7-11H2,1-3H3. The Morgan fingerprint density at radius 3 is 2.73 bits per heavy atom. The summed E-state index contributed by atoms with van der Waals surface area (Å²) in [7, 11) is 0. The molecule has 3 heterocycles. The van der Waals surface area contributed by atoms with E-state index in [0.717, 1.165) is 11.0 Å². The molecule has 1 fully saturated rings. The van der Waals surface area contributed by atoms with Gasteiger partial charge in [-0.25, -0.2) is 9.78 Å². The molecule has 0 bridgehead atoms. The van der Waals surface area contributed by atoms with E-state index in [9.17, 15) is 9.59 Å². The number of benzene rings is 1. The number of rotatable bonds is 2. The van der Waals surface area contributed by atoms with Crippen LogP contribution in [0.4, 0.5) is 5.95 Å². The minimum absolute atomic E-state index is 0.143. The van der Waals surface area contributed by atoms with Crippen LogP contribution in [0, 0.1) is 0 Å². The zero-order valence-corrected chi connectivity index (χ0v) is 15.3. The van der Waals surface area contributed by atoms with Gasteiger partial charge in [0.05, 0.1) is 23.2 Å². The first-order chi connectivity index (χ1) is 12.4. The lowest BCUT2D eigenvalue weighted by Gasteiger charge is -2.38. The Balaban J connectivity index is 1.71. The van der Waals surface area contributed by atoms with Gasteiger partial charge in [-0.05, 0) is 32.9 Å². The van der Waals surface area contributed by atoms with Crippen molar-refractivity contribution < 1.29 is 14.4 Å². The van der Waals surface area contributed by atoms with E-state index in [2.05, 4.69) is 5.94 Å². The largest absolute Gasteiger partial charge is 0.309 e. The second-order valence-corrected chi connectivity index (χ2v) is 7.68. The van der Waals surface area contributed by atoms with Crippen LogP contribution in [0.1, 0.15) is 37.6 Å². The van der Waals surface area contributed by atoms with Crippen LogP contribution >= 0.6 is 0 Å². The minimum Gasteiger partial charge on any atom is -0.309 e. The molecule has 2 aliphatic rings. The predicted molar refractivity (Wildman–Crippen MR) is 97.6 cm³/mol. The van der Waals surface area contributed by atoms with E-state index in [4.69, 9.17) is 9.82 Å². The molecule has 0 unspecified atom stereocenters. The van der Waals surface area contributed by atoms with Gasteiger partial charge in [-0.15, -0.1) is 0 Å². The summed E-state index contributed by atoms with van der Waals surface area (Å²) in [4.78, 5) is 36.3. The summed E-state index contributed by atoms with van der Waals surface area (Å²) in [5.74, 6) is 2.90. The van der Waals surface area contributed by atoms with Crippen molar-refractivity contribution in [2.45, 2.75) is 39.3 Å². The Kier molecular flexibility index (Phi) is 3.95. The van der Waals surface area contributed by atoms with Crippen molar-refractivity contribution in [2.24, 2.45) is 0 Å². The number of hydrogen-bond donors (Lipinski definition) is 0. The van der Waals surface area contributed by atoms with Crippen LogP contribution < -0.4 is 4.90 Å². The molecule has 0 atom stereocenters. The minimum atomic E-state index is -0.320. The Morgan fingerprint density at radius 2 is 2.00 bits per heavy atom. The van der Waals surface area contributed by atoms with E-state index in [-0.39, 0.29) is 11.4 Å². The third-order valence-corrected chi connectivity index (χ3v) is 4.60. The molecule has 7 nitrogen and oxygen atoms in total. The van der Waals surface area contributed by atoms with Crippen molar-refractivity contribution in [3.63, 3.8) is 0 Å². The quantitative estimate of drug-likeness (QED) is 0.770. The second-order valence-electron chi connectivity index (χ2n) is 7.68. The van der Waals surface area contributed by atoms with E-state index in [1.807, 2.05) is 48.4 Å². The lowest BCUT2D eigenvalue weighted by molar-refractivity contribution is -0.225. The van der Waals surface area contributed by atoms with Gasteiger partial charge in [0.1, 0.15) is 11.6 Å². The zero-order valence-electron chi connectivity index (χ0n) is 15.3. The van der Waals surface area contributed by atoms with Gasteiger partial charge < -0.3 is 9.47 Å². The molecule has 0 radical (unpaired) electrons. The predicted octanol–water partition coefficient (Wildman–Crippen LogP) is 2.19. The normalized spacial score (nSPS) is 18.5. The first-order valence-corrected chi connectivity index (χ1v) is 8.85. The van der Waals surface area contributed by atoms with E-state index in [1.54, 1.807) is 5.06 Å². The fourth-order valence-corrected chi connectivity index (χ4v) is 3.62. The van der Waals surface area contributed by atoms with Gasteiger partial charge in [0, 0.05) is 31.6 Å². The Hall–Kier alpha value is -2.47. The molecule has 0 saturated carbocycles. The number of nitrogens with zero attached hydrogens (tertiary/aromatic N) is 4. The van der Waals surface area contributed by atoms with Crippen molar-refractivity contribution in [3.05, 3.63) is 29.5 Å². The number of hydroxylamine groups is 2. The fourth-order valence-electron chi connectivity index (χ4n) is 3.62. The van der Waals surface area contributed by atoms with E-state index < -0.39 is 0 Å². The number of carbonyl (C=O) groups is 1. The van der Waals surface area contributed by atoms with Crippen LogP contribution in [0.25, 0.3) is 11.0 Å². The van der Waals surface area contributed by atoms with Gasteiger partial charge in [-0.2, -0.15) is 5.06 Å². The topological polar surface area (TPSA) is 67.7 Å². The Morgan fingerprint density at radius 1 is 1.19 bits per heavy atom. The number of imidazole rings is 1. The van der Waals surface area contributed by atoms with Crippen LogP contribution in [-0.4, -0.2) is 51.6 Å². The number of ketones is 1. The van der Waals surface area contributed by atoms with Gasteiger partial charge in [0.2, 0.25) is 5.95 Å². The number of carbonyl (C=O) groups excluding carboxylic acids is 2. The molecule has 0 amide bonds. The summed E-state index contributed by atoms with van der Waals surface area (Å²) >= 11 is 0. The third-order valence-electron chi connectivity index (χ3n) is 4.60. The van der Waals surface area contributed by atoms with Crippen molar-refractivity contribution in [1.82, 2.24) is 14.6 Å². The second kappa shape index (κ2) is 6.06. The number of Topliss-reactive ketones (excluding diaryl/α,β-unsaturated/α-hetero) is 1. The molecule has 1 aromatic carbocycles. The molecular formula is C19H22N4O3. The molecule has 1 saturated heterocycles. The van der Waals surface area contributed by atoms with Crippen LogP contribution in [0.2, 0.25) is 0 Å². The number of hydrogen-bond acceptors (Lipinski definition) is 6. The molecule has 2 aliphatic heterocycles. The van der Waals surface area contributed by atoms with Crippen molar-refractivity contribution in [1.29, 1.82) is 0 Å². The Bertz CT molecular complexity index is 934. The van der Waals surface area contributed by atoms with Gasteiger partial charge in [0.15, 0.2) is 5.78 Å². The maximum atomic E-state index is 12.2. The molecule has 0 aliphatic carbocycles. The van der Waals surface area contributed by atoms with E-state index in [0.29, 0.717) is 49.8 Å². The highest BCUT2D eigenvalue weighted by atomic mass is 16.7. The highest BCUT2D eigenvalue weighted by Crippen LogP contribution is 2.32. The maximum absolute atomic E-state index is 12.2. The summed E-state index contributed by atoms with van der Waals surface area (Å²) < 4.78 is 2.05. The molecule has 0 N–H and O–H groups in total. The molecule has 7 heteroatoms. The maximum Gasteiger partial charge on any atom is 0.211 e. The monoisotopic (exact) mass is 354 g/mol. The van der Waals surface area contributed by atoms with Gasteiger partial charge in [0.25, 0.3) is 0 Å². The average Bonchev–Trinajstić information content (AvgIpc) is 2.96.